The summed E-state index contributed by atoms with van der Waals surface area (Å²) in [5.74, 6) is 1.50. The zero-order chi connectivity index (χ0) is 20.6. The van der Waals surface area contributed by atoms with Crippen LogP contribution in [0.5, 0.6) is 11.5 Å². The minimum atomic E-state index is -2.00. The van der Waals surface area contributed by atoms with Gasteiger partial charge in [0.05, 0.1) is 5.33 Å². The maximum absolute atomic E-state index is 12.3. The van der Waals surface area contributed by atoms with E-state index in [1.165, 1.54) is 0 Å². The van der Waals surface area contributed by atoms with Crippen LogP contribution < -0.4 is 8.85 Å². The highest BCUT2D eigenvalue weighted by atomic mass is 79.9. The van der Waals surface area contributed by atoms with Gasteiger partial charge in [-0.1, -0.05) is 57.5 Å². The number of carbonyl (C=O) groups is 1. The van der Waals surface area contributed by atoms with Crippen LogP contribution in [0.1, 0.15) is 51.9 Å². The molecule has 0 amide bonds. The Morgan fingerprint density at radius 2 is 1.19 bits per heavy atom. The third kappa shape index (κ3) is 5.70. The van der Waals surface area contributed by atoms with Crippen molar-refractivity contribution < 1.29 is 13.6 Å². The summed E-state index contributed by atoms with van der Waals surface area (Å²) in [6.07, 6.45) is 0. The first-order valence-corrected chi connectivity index (χ1v) is 16.1. The van der Waals surface area contributed by atoms with E-state index in [0.717, 1.165) is 11.5 Å². The van der Waals surface area contributed by atoms with Crippen molar-refractivity contribution in [3.05, 3.63) is 23.8 Å². The van der Waals surface area contributed by atoms with Gasteiger partial charge in [0.1, 0.15) is 11.5 Å². The molecule has 6 heteroatoms. The first-order chi connectivity index (χ1) is 11.5. The normalized spacial score (nSPS) is 13.5. The van der Waals surface area contributed by atoms with Gasteiger partial charge in [0.25, 0.3) is 0 Å². The molecule has 0 aliphatic rings. The van der Waals surface area contributed by atoms with E-state index in [1.54, 1.807) is 0 Å². The zero-order valence-corrected chi connectivity index (χ0v) is 21.6. The van der Waals surface area contributed by atoms with E-state index < -0.39 is 16.6 Å². The fraction of sp³-hybridized carbons (Fsp3) is 0.650. The Balaban J connectivity index is 3.34. The molecule has 1 aromatic rings. The molecule has 0 radical (unpaired) electrons. The molecule has 0 aromatic heterocycles. The second kappa shape index (κ2) is 7.80. The topological polar surface area (TPSA) is 35.5 Å². The van der Waals surface area contributed by atoms with Gasteiger partial charge < -0.3 is 8.85 Å². The summed E-state index contributed by atoms with van der Waals surface area (Å²) in [5, 5.41) is 0.460. The predicted octanol–water partition coefficient (Wildman–Crippen LogP) is 7.03. The summed E-state index contributed by atoms with van der Waals surface area (Å²) < 4.78 is 12.9. The van der Waals surface area contributed by atoms with Gasteiger partial charge in [-0.15, -0.1) is 0 Å². The predicted molar refractivity (Wildman–Crippen MR) is 120 cm³/mol. The molecule has 0 unspecified atom stereocenters. The van der Waals surface area contributed by atoms with E-state index in [1.807, 2.05) is 18.2 Å². The Bertz CT molecular complexity index is 610. The van der Waals surface area contributed by atoms with Gasteiger partial charge >= 0.3 is 0 Å². The Kier molecular flexibility index (Phi) is 7.03. The third-order valence-corrected chi connectivity index (χ3v) is 14.9. The molecule has 0 saturated carbocycles. The molecule has 3 nitrogen and oxygen atoms in total. The number of ketones is 1. The van der Waals surface area contributed by atoms with Crippen LogP contribution in [0, 0.1) is 0 Å². The van der Waals surface area contributed by atoms with Crippen molar-refractivity contribution in [1.82, 2.24) is 0 Å². The lowest BCUT2D eigenvalue weighted by atomic mass is 10.1. The molecule has 0 aliphatic heterocycles. The number of hydrogen-bond donors (Lipinski definition) is 0. The highest BCUT2D eigenvalue weighted by Gasteiger charge is 2.40. The van der Waals surface area contributed by atoms with E-state index in [-0.39, 0.29) is 21.2 Å². The molecular weight excluding hydrogens is 424 g/mol. The van der Waals surface area contributed by atoms with Crippen molar-refractivity contribution in [3.8, 4) is 11.5 Å². The van der Waals surface area contributed by atoms with Gasteiger partial charge in [0, 0.05) is 11.6 Å². The fourth-order valence-electron chi connectivity index (χ4n) is 1.82. The summed E-state index contributed by atoms with van der Waals surface area (Å²) in [7, 11) is -4.00. The SMILES string of the molecule is CC(C)(C)[Si](C)(C)Oc1cc(O[Si](C)(C)C(C)(C)C)cc(C(=O)CBr)c1. The van der Waals surface area contributed by atoms with Crippen molar-refractivity contribution >= 4 is 38.3 Å². The van der Waals surface area contributed by atoms with Crippen LogP contribution in [0.25, 0.3) is 0 Å². The minimum Gasteiger partial charge on any atom is -0.543 e. The highest BCUT2D eigenvalue weighted by Crippen LogP contribution is 2.40. The first kappa shape index (κ1) is 23.4. The minimum absolute atomic E-state index is 0.0331. The number of benzene rings is 1. The van der Waals surface area contributed by atoms with Crippen LogP contribution >= 0.6 is 15.9 Å². The lowest BCUT2D eigenvalue weighted by Gasteiger charge is -2.38. The number of alkyl halides is 1. The summed E-state index contributed by atoms with van der Waals surface area (Å²) in [6.45, 7) is 22.1. The maximum Gasteiger partial charge on any atom is 0.250 e. The van der Waals surface area contributed by atoms with Crippen LogP contribution in [0.4, 0.5) is 0 Å². The molecule has 1 rings (SSSR count). The van der Waals surface area contributed by atoms with E-state index in [0.29, 0.717) is 5.56 Å². The molecule has 0 fully saturated rings. The van der Waals surface area contributed by atoms with E-state index >= 15 is 0 Å². The van der Waals surface area contributed by atoms with Gasteiger partial charge in [-0.25, -0.2) is 0 Å². The smallest absolute Gasteiger partial charge is 0.250 e. The van der Waals surface area contributed by atoms with Crippen LogP contribution in [0.3, 0.4) is 0 Å². The summed E-state index contributed by atoms with van der Waals surface area (Å²) in [6, 6.07) is 5.65. The number of carbonyl (C=O) groups excluding carboxylic acids is 1. The van der Waals surface area contributed by atoms with Crippen molar-refractivity contribution in [2.75, 3.05) is 5.33 Å². The maximum atomic E-state index is 12.3. The van der Waals surface area contributed by atoms with Crippen molar-refractivity contribution in [2.24, 2.45) is 0 Å². The molecule has 0 spiro atoms. The summed E-state index contributed by atoms with van der Waals surface area (Å²) in [4.78, 5) is 12.3. The van der Waals surface area contributed by atoms with Crippen LogP contribution in [-0.2, 0) is 0 Å². The van der Waals surface area contributed by atoms with E-state index in [2.05, 4.69) is 83.7 Å². The Labute approximate surface area is 170 Å². The molecule has 0 saturated heterocycles. The zero-order valence-electron chi connectivity index (χ0n) is 18.0. The second-order valence-electron chi connectivity index (χ2n) is 9.97. The largest absolute Gasteiger partial charge is 0.543 e. The lowest BCUT2D eigenvalue weighted by Crippen LogP contribution is -2.44. The molecule has 1 aromatic carbocycles. The van der Waals surface area contributed by atoms with Gasteiger partial charge in [-0.05, 0) is 48.4 Å². The molecule has 26 heavy (non-hydrogen) atoms. The highest BCUT2D eigenvalue weighted by molar-refractivity contribution is 9.09. The molecule has 0 bridgehead atoms. The number of hydrogen-bond acceptors (Lipinski definition) is 3. The van der Waals surface area contributed by atoms with Crippen molar-refractivity contribution in [1.29, 1.82) is 0 Å². The van der Waals surface area contributed by atoms with E-state index in [4.69, 9.17) is 8.85 Å². The quantitative estimate of drug-likeness (QED) is 0.260. The standard InChI is InChI=1S/C20H35BrO3Si2/c1-19(2,3)25(7,8)23-16-11-15(18(22)14-21)12-17(13-16)24-26(9,10)20(4,5)6/h11-13H,14H2,1-10H3. The monoisotopic (exact) mass is 458 g/mol. The molecular formula is C20H35BrO3Si2. The fourth-order valence-corrected chi connectivity index (χ4v) is 4.17. The van der Waals surface area contributed by atoms with Gasteiger partial charge in [0.2, 0.25) is 16.6 Å². The molecule has 148 valence electrons. The average Bonchev–Trinajstić information content (AvgIpc) is 2.42. The Hall–Kier alpha value is -0.596. The molecule has 0 heterocycles. The lowest BCUT2D eigenvalue weighted by molar-refractivity contribution is 0.102. The third-order valence-electron chi connectivity index (χ3n) is 5.68. The van der Waals surface area contributed by atoms with Gasteiger partial charge in [-0.2, -0.15) is 0 Å². The van der Waals surface area contributed by atoms with Crippen molar-refractivity contribution in [2.45, 2.75) is 77.8 Å². The second-order valence-corrected chi connectivity index (χ2v) is 20.0. The number of Topliss-reactive ketones (excluding diaryl/α,β-unsaturated/α-hetero) is 1. The Morgan fingerprint density at radius 3 is 1.46 bits per heavy atom. The van der Waals surface area contributed by atoms with Crippen LogP contribution in [0.15, 0.2) is 18.2 Å². The molecule has 0 N–H and O–H groups in total. The average molecular weight is 460 g/mol. The van der Waals surface area contributed by atoms with Crippen LogP contribution in [-0.4, -0.2) is 27.7 Å². The van der Waals surface area contributed by atoms with E-state index in [9.17, 15) is 4.79 Å². The Morgan fingerprint density at radius 1 is 0.846 bits per heavy atom. The first-order valence-electron chi connectivity index (χ1n) is 9.12. The number of rotatable bonds is 6. The van der Waals surface area contributed by atoms with Crippen molar-refractivity contribution in [3.63, 3.8) is 0 Å². The van der Waals surface area contributed by atoms with Gasteiger partial charge in [0.15, 0.2) is 5.78 Å². The molecule has 0 atom stereocenters. The molecule has 0 aliphatic carbocycles. The van der Waals surface area contributed by atoms with Crippen LogP contribution in [0.2, 0.25) is 36.3 Å². The number of halogens is 1. The summed E-state index contributed by atoms with van der Waals surface area (Å²) >= 11 is 3.27. The van der Waals surface area contributed by atoms with Gasteiger partial charge in [-0.3, -0.25) is 4.79 Å². The summed E-state index contributed by atoms with van der Waals surface area (Å²) in [5.41, 5.74) is 0.631.